The summed E-state index contributed by atoms with van der Waals surface area (Å²) < 4.78 is 1.24. The van der Waals surface area contributed by atoms with E-state index in [1.165, 1.54) is 29.7 Å². The molecule has 23 valence electrons. The van der Waals surface area contributed by atoms with Gasteiger partial charge in [-0.2, -0.15) is 0 Å². The van der Waals surface area contributed by atoms with E-state index in [2.05, 4.69) is 0 Å². The predicted octanol–water partition coefficient (Wildman–Crippen LogP) is -0.468. The fraction of sp³-hybridized carbons (Fsp3) is 1.00. The second-order valence-corrected chi connectivity index (χ2v) is 2.48. The third-order valence-electron chi connectivity index (χ3n) is 0.144. The second kappa shape index (κ2) is 3.88. The topological polar surface area (TPSA) is 26.0 Å². The van der Waals surface area contributed by atoms with Crippen molar-refractivity contribution >= 4 is 25.8 Å². The van der Waals surface area contributed by atoms with Crippen LogP contribution in [-0.2, 0) is 0 Å². The van der Waals surface area contributed by atoms with Gasteiger partial charge < -0.3 is 0 Å². The molecule has 1 nitrogen and oxygen atoms in total. The maximum absolute atomic E-state index is 5.06. The summed E-state index contributed by atoms with van der Waals surface area (Å²) in [5.74, 6) is 0. The summed E-state index contributed by atoms with van der Waals surface area (Å²) in [5, 5.41) is 0. The van der Waals surface area contributed by atoms with Crippen LogP contribution in [0.1, 0.15) is 0 Å². The SMILES string of the molecule is NC[CH2][Pb]. The van der Waals surface area contributed by atoms with Gasteiger partial charge in [0, 0.05) is 0 Å². The summed E-state index contributed by atoms with van der Waals surface area (Å²) in [4.78, 5) is 0. The number of hydrogen-bond acceptors (Lipinski definition) is 1. The van der Waals surface area contributed by atoms with Crippen molar-refractivity contribution in [3.63, 3.8) is 0 Å². The monoisotopic (exact) mass is 252 g/mol. The molecule has 4 heavy (non-hydrogen) atoms. The number of nitrogens with two attached hydrogens (primary N) is 1. The van der Waals surface area contributed by atoms with Gasteiger partial charge in [-0.25, -0.2) is 0 Å². The van der Waals surface area contributed by atoms with Crippen molar-refractivity contribution in [2.24, 2.45) is 5.73 Å². The van der Waals surface area contributed by atoms with E-state index >= 15 is 0 Å². The van der Waals surface area contributed by atoms with Crippen LogP contribution >= 0.6 is 0 Å². The Kier molecular flexibility index (Phi) is 4.74. The number of hydrogen-bond donors (Lipinski definition) is 1. The molecule has 0 heterocycles. The van der Waals surface area contributed by atoms with Crippen molar-refractivity contribution in [2.45, 2.75) is 3.98 Å². The Bertz CT molecular complexity index is 8.00. The molecule has 0 unspecified atom stereocenters. The molecule has 0 aromatic heterocycles. The van der Waals surface area contributed by atoms with Crippen LogP contribution in [0.4, 0.5) is 0 Å². The van der Waals surface area contributed by atoms with Gasteiger partial charge in [-0.3, -0.25) is 0 Å². The van der Waals surface area contributed by atoms with Crippen LogP contribution in [0.5, 0.6) is 0 Å². The molecule has 0 atom stereocenters. The van der Waals surface area contributed by atoms with Crippen LogP contribution in [0.25, 0.3) is 0 Å². The van der Waals surface area contributed by atoms with Crippen molar-refractivity contribution in [3.8, 4) is 0 Å². The van der Waals surface area contributed by atoms with E-state index < -0.39 is 0 Å². The summed E-state index contributed by atoms with van der Waals surface area (Å²) in [7, 11) is 0. The zero-order valence-electron chi connectivity index (χ0n) is 2.49. The van der Waals surface area contributed by atoms with Gasteiger partial charge in [0.2, 0.25) is 0 Å². The molecule has 2 heteroatoms. The first kappa shape index (κ1) is 4.88. The van der Waals surface area contributed by atoms with Crippen molar-refractivity contribution in [1.29, 1.82) is 0 Å². The van der Waals surface area contributed by atoms with Crippen LogP contribution in [0.3, 0.4) is 0 Å². The molecule has 0 rings (SSSR count). The van der Waals surface area contributed by atoms with Crippen molar-refractivity contribution in [1.82, 2.24) is 0 Å². The first-order chi connectivity index (χ1) is 1.91. The Balaban J connectivity index is 1.97. The standard InChI is InChI=1S/C2H6N.Pb/c1-2-3;/h1-3H2;. The van der Waals surface area contributed by atoms with Crippen LogP contribution in [0.2, 0.25) is 3.98 Å². The summed E-state index contributed by atoms with van der Waals surface area (Å²) in [6, 6.07) is 0. The minimum atomic E-state index is 0.881. The Morgan fingerprint density at radius 1 is 1.75 bits per heavy atom. The zero-order valence-corrected chi connectivity index (χ0v) is 6.38. The minimum absolute atomic E-state index is 0.881. The molecule has 0 saturated heterocycles. The van der Waals surface area contributed by atoms with E-state index in [0.717, 1.165) is 6.54 Å². The molecule has 0 aliphatic heterocycles. The van der Waals surface area contributed by atoms with Crippen LogP contribution in [-0.4, -0.2) is 32.3 Å². The quantitative estimate of drug-likeness (QED) is 0.627. The summed E-state index contributed by atoms with van der Waals surface area (Å²) in [5.41, 5.74) is 5.06. The molecule has 3 radical (unpaired) electrons. The maximum atomic E-state index is 5.06. The van der Waals surface area contributed by atoms with Gasteiger partial charge in [0.05, 0.1) is 0 Å². The number of rotatable bonds is 1. The molecule has 0 aromatic rings. The Morgan fingerprint density at radius 2 is 2.00 bits per heavy atom. The first-order valence-corrected chi connectivity index (χ1v) is 4.01. The van der Waals surface area contributed by atoms with Crippen LogP contribution in [0.15, 0.2) is 0 Å². The molecule has 0 aromatic carbocycles. The first-order valence-electron chi connectivity index (χ1n) is 1.26. The van der Waals surface area contributed by atoms with Crippen LogP contribution in [0, 0.1) is 0 Å². The van der Waals surface area contributed by atoms with Crippen molar-refractivity contribution in [2.75, 3.05) is 6.54 Å². The van der Waals surface area contributed by atoms with E-state index in [4.69, 9.17) is 5.73 Å². The average Bonchev–Trinajstić information content (AvgIpc) is 1.37. The fourth-order valence-corrected chi connectivity index (χ4v) is 0. The van der Waals surface area contributed by atoms with Gasteiger partial charge in [-0.1, -0.05) is 0 Å². The summed E-state index contributed by atoms with van der Waals surface area (Å²) in [6.07, 6.45) is 0. The van der Waals surface area contributed by atoms with Gasteiger partial charge >= 0.3 is 42.0 Å². The molecule has 0 saturated carbocycles. The normalized spacial score (nSPS) is 7.50. The van der Waals surface area contributed by atoms with Gasteiger partial charge in [0.1, 0.15) is 0 Å². The molecular formula is C2H6NPb. The van der Waals surface area contributed by atoms with Crippen LogP contribution < -0.4 is 5.73 Å². The zero-order chi connectivity index (χ0) is 3.41. The summed E-state index contributed by atoms with van der Waals surface area (Å²) in [6.45, 7) is 0.881. The third kappa shape index (κ3) is 2.88. The molecular weight excluding hydrogens is 245 g/mol. The van der Waals surface area contributed by atoms with E-state index in [0.29, 0.717) is 0 Å². The van der Waals surface area contributed by atoms with Gasteiger partial charge in [0.15, 0.2) is 0 Å². The van der Waals surface area contributed by atoms with Gasteiger partial charge in [-0.15, -0.1) is 0 Å². The molecule has 0 bridgehead atoms. The average molecular weight is 251 g/mol. The third-order valence-corrected chi connectivity index (χ3v) is 1.27. The van der Waals surface area contributed by atoms with Crippen molar-refractivity contribution < 1.29 is 0 Å². The molecule has 0 aliphatic rings. The molecule has 0 amide bonds. The summed E-state index contributed by atoms with van der Waals surface area (Å²) >= 11 is 1.26. The fourth-order valence-electron chi connectivity index (χ4n) is 0. The Labute approximate surface area is 42.3 Å². The van der Waals surface area contributed by atoms with E-state index in [1.807, 2.05) is 0 Å². The second-order valence-electron chi connectivity index (χ2n) is 0.539. The van der Waals surface area contributed by atoms with E-state index in [-0.39, 0.29) is 0 Å². The van der Waals surface area contributed by atoms with E-state index in [9.17, 15) is 0 Å². The Hall–Kier alpha value is 0.882. The van der Waals surface area contributed by atoms with Gasteiger partial charge in [-0.05, 0) is 0 Å². The molecule has 0 spiro atoms. The molecule has 0 aliphatic carbocycles. The molecule has 0 fully saturated rings. The Morgan fingerprint density at radius 3 is 2.00 bits per heavy atom. The van der Waals surface area contributed by atoms with Gasteiger partial charge in [0.25, 0.3) is 0 Å². The van der Waals surface area contributed by atoms with E-state index in [1.54, 1.807) is 0 Å². The molecule has 2 N–H and O–H groups in total. The predicted molar refractivity (Wildman–Crippen MR) is 19.6 cm³/mol. The van der Waals surface area contributed by atoms with Crippen molar-refractivity contribution in [3.05, 3.63) is 0 Å².